The quantitative estimate of drug-likeness (QED) is 0.703. The average Bonchev–Trinajstić information content (AvgIpc) is 2.89. The first-order chi connectivity index (χ1) is 9.88. The van der Waals surface area contributed by atoms with E-state index in [1.165, 1.54) is 0 Å². The number of likely N-dealkylation sites (tertiary alicyclic amines) is 1. The Kier molecular flexibility index (Phi) is 7.15. The monoisotopic (exact) mass is 298 g/mol. The van der Waals surface area contributed by atoms with Crippen LogP contribution in [0.1, 0.15) is 59.3 Å². The van der Waals surface area contributed by atoms with Gasteiger partial charge in [0.25, 0.3) is 0 Å². The number of nitrogens with one attached hydrogen (secondary N) is 1. The second-order valence-electron chi connectivity index (χ2n) is 6.84. The van der Waals surface area contributed by atoms with Gasteiger partial charge in [-0.25, -0.2) is 0 Å². The Morgan fingerprint density at radius 2 is 1.86 bits per heavy atom. The lowest BCUT2D eigenvalue weighted by molar-refractivity contribution is -0.144. The summed E-state index contributed by atoms with van der Waals surface area (Å²) in [6.45, 7) is 7.25. The van der Waals surface area contributed by atoms with E-state index in [4.69, 9.17) is 5.11 Å². The fourth-order valence-electron chi connectivity index (χ4n) is 2.63. The summed E-state index contributed by atoms with van der Waals surface area (Å²) >= 11 is 0. The van der Waals surface area contributed by atoms with Crippen LogP contribution in [0.5, 0.6) is 0 Å². The molecule has 21 heavy (non-hydrogen) atoms. The van der Waals surface area contributed by atoms with E-state index in [0.717, 1.165) is 38.5 Å². The van der Waals surface area contributed by atoms with Gasteiger partial charge in [-0.3, -0.25) is 9.59 Å². The average molecular weight is 298 g/mol. The molecule has 0 aromatic heterocycles. The highest BCUT2D eigenvalue weighted by atomic mass is 16.3. The molecule has 5 nitrogen and oxygen atoms in total. The predicted molar refractivity (Wildman–Crippen MR) is 82.8 cm³/mol. The Labute approximate surface area is 128 Å². The number of hydrogen-bond acceptors (Lipinski definition) is 3. The maximum Gasteiger partial charge on any atom is 0.242 e. The van der Waals surface area contributed by atoms with Gasteiger partial charge in [0.05, 0.1) is 0 Å². The van der Waals surface area contributed by atoms with Crippen molar-refractivity contribution in [2.75, 3.05) is 19.7 Å². The minimum atomic E-state index is -0.437. The van der Waals surface area contributed by atoms with Gasteiger partial charge in [-0.05, 0) is 25.7 Å². The van der Waals surface area contributed by atoms with E-state index in [1.807, 2.05) is 20.8 Å². The molecule has 1 atom stereocenters. The number of aliphatic hydroxyl groups is 1. The molecule has 0 aromatic rings. The van der Waals surface area contributed by atoms with Crippen molar-refractivity contribution in [1.82, 2.24) is 10.2 Å². The summed E-state index contributed by atoms with van der Waals surface area (Å²) in [6.07, 6.45) is 5.41. The van der Waals surface area contributed by atoms with Crippen LogP contribution >= 0.6 is 0 Å². The summed E-state index contributed by atoms with van der Waals surface area (Å²) in [5, 5.41) is 11.6. The molecule has 1 rings (SSSR count). The molecule has 1 heterocycles. The number of nitrogens with zero attached hydrogens (tertiary/aromatic N) is 1. The molecule has 1 fully saturated rings. The summed E-state index contributed by atoms with van der Waals surface area (Å²) in [7, 11) is 0. The van der Waals surface area contributed by atoms with Gasteiger partial charge in [0.2, 0.25) is 11.8 Å². The first-order valence-electron chi connectivity index (χ1n) is 8.07. The molecule has 0 unspecified atom stereocenters. The van der Waals surface area contributed by atoms with Crippen molar-refractivity contribution < 1.29 is 14.7 Å². The fourth-order valence-corrected chi connectivity index (χ4v) is 2.63. The Morgan fingerprint density at radius 1 is 1.19 bits per heavy atom. The van der Waals surface area contributed by atoms with Crippen LogP contribution in [-0.2, 0) is 9.59 Å². The molecule has 2 amide bonds. The molecule has 1 saturated heterocycles. The zero-order valence-corrected chi connectivity index (χ0v) is 13.7. The Balaban J connectivity index is 2.37. The van der Waals surface area contributed by atoms with Crippen LogP contribution in [0.25, 0.3) is 0 Å². The Bertz CT molecular complexity index is 350. The highest BCUT2D eigenvalue weighted by Crippen LogP contribution is 2.25. The Morgan fingerprint density at radius 3 is 2.48 bits per heavy atom. The predicted octanol–water partition coefficient (Wildman–Crippen LogP) is 1.69. The van der Waals surface area contributed by atoms with Crippen LogP contribution in [0, 0.1) is 5.41 Å². The summed E-state index contributed by atoms with van der Waals surface area (Å²) in [5.41, 5.74) is -0.437. The van der Waals surface area contributed by atoms with Gasteiger partial charge in [0.1, 0.15) is 6.04 Å². The zero-order valence-electron chi connectivity index (χ0n) is 13.7. The molecule has 0 radical (unpaired) electrons. The third-order valence-electron chi connectivity index (χ3n) is 3.84. The number of aliphatic hydroxyl groups excluding tert-OH is 1. The summed E-state index contributed by atoms with van der Waals surface area (Å²) in [5.74, 6) is 0.0374. The van der Waals surface area contributed by atoms with Crippen molar-refractivity contribution in [3.8, 4) is 0 Å². The van der Waals surface area contributed by atoms with E-state index in [0.29, 0.717) is 13.1 Å². The van der Waals surface area contributed by atoms with Gasteiger partial charge in [-0.1, -0.05) is 33.6 Å². The molecule has 0 aromatic carbocycles. The molecule has 0 spiro atoms. The van der Waals surface area contributed by atoms with Crippen LogP contribution in [-0.4, -0.2) is 47.6 Å². The van der Waals surface area contributed by atoms with Crippen LogP contribution in [0.2, 0.25) is 0 Å². The normalized spacial score (nSPS) is 18.9. The molecule has 0 bridgehead atoms. The minimum absolute atomic E-state index is 0.0211. The second kappa shape index (κ2) is 8.37. The third kappa shape index (κ3) is 5.65. The van der Waals surface area contributed by atoms with Gasteiger partial charge in [-0.2, -0.15) is 0 Å². The van der Waals surface area contributed by atoms with E-state index < -0.39 is 5.41 Å². The maximum absolute atomic E-state index is 12.4. The van der Waals surface area contributed by atoms with E-state index in [1.54, 1.807) is 4.90 Å². The number of carbonyl (C=O) groups excluding carboxylic acids is 2. The summed E-state index contributed by atoms with van der Waals surface area (Å²) < 4.78 is 0. The smallest absolute Gasteiger partial charge is 0.242 e. The first-order valence-corrected chi connectivity index (χ1v) is 8.07. The highest BCUT2D eigenvalue weighted by molar-refractivity contribution is 5.90. The van der Waals surface area contributed by atoms with Crippen molar-refractivity contribution in [3.05, 3.63) is 0 Å². The molecule has 0 saturated carbocycles. The molecular formula is C16H30N2O3. The lowest BCUT2D eigenvalue weighted by atomic mass is 9.94. The van der Waals surface area contributed by atoms with E-state index in [9.17, 15) is 9.59 Å². The minimum Gasteiger partial charge on any atom is -0.396 e. The van der Waals surface area contributed by atoms with Crippen molar-refractivity contribution in [3.63, 3.8) is 0 Å². The van der Waals surface area contributed by atoms with E-state index in [-0.39, 0.29) is 24.5 Å². The zero-order chi connectivity index (χ0) is 15.9. The molecule has 1 aliphatic rings. The lowest BCUT2D eigenvalue weighted by Gasteiger charge is -2.30. The molecule has 1 aliphatic heterocycles. The molecule has 122 valence electrons. The van der Waals surface area contributed by atoms with Gasteiger partial charge in [0.15, 0.2) is 0 Å². The van der Waals surface area contributed by atoms with Crippen molar-refractivity contribution in [1.29, 1.82) is 0 Å². The number of carbonyl (C=O) groups is 2. The van der Waals surface area contributed by atoms with E-state index in [2.05, 4.69) is 5.32 Å². The fraction of sp³-hybridized carbons (Fsp3) is 0.875. The van der Waals surface area contributed by atoms with Crippen LogP contribution in [0.3, 0.4) is 0 Å². The molecular weight excluding hydrogens is 268 g/mol. The molecule has 5 heteroatoms. The number of rotatable bonds is 7. The second-order valence-corrected chi connectivity index (χ2v) is 6.84. The van der Waals surface area contributed by atoms with Gasteiger partial charge < -0.3 is 15.3 Å². The number of hydrogen-bond donors (Lipinski definition) is 2. The standard InChI is InChI=1S/C16H30N2O3/c1-16(2,3)15(21)18-11-8-9-13(18)14(20)17-10-6-4-5-7-12-19/h13,19H,4-12H2,1-3H3,(H,17,20)/t13-/m0/s1. The summed E-state index contributed by atoms with van der Waals surface area (Å²) in [4.78, 5) is 26.3. The number of unbranched alkanes of at least 4 members (excludes halogenated alkanes) is 3. The van der Waals surface area contributed by atoms with E-state index >= 15 is 0 Å². The SMILES string of the molecule is CC(C)(C)C(=O)N1CCC[C@H]1C(=O)NCCCCCCO. The molecule has 0 aliphatic carbocycles. The van der Waals surface area contributed by atoms with Crippen LogP contribution < -0.4 is 5.32 Å². The van der Waals surface area contributed by atoms with Crippen molar-refractivity contribution >= 4 is 11.8 Å². The lowest BCUT2D eigenvalue weighted by Crippen LogP contribution is -2.49. The summed E-state index contributed by atoms with van der Waals surface area (Å²) in [6, 6.07) is -0.297. The van der Waals surface area contributed by atoms with Crippen LogP contribution in [0.4, 0.5) is 0 Å². The number of amides is 2. The largest absolute Gasteiger partial charge is 0.396 e. The van der Waals surface area contributed by atoms with Crippen molar-refractivity contribution in [2.45, 2.75) is 65.3 Å². The topological polar surface area (TPSA) is 69.6 Å². The maximum atomic E-state index is 12.4. The van der Waals surface area contributed by atoms with Gasteiger partial charge >= 0.3 is 0 Å². The highest BCUT2D eigenvalue weighted by Gasteiger charge is 2.38. The van der Waals surface area contributed by atoms with Crippen LogP contribution in [0.15, 0.2) is 0 Å². The van der Waals surface area contributed by atoms with Gasteiger partial charge in [-0.15, -0.1) is 0 Å². The van der Waals surface area contributed by atoms with Crippen molar-refractivity contribution in [2.24, 2.45) is 5.41 Å². The molecule has 2 N–H and O–H groups in total. The Hall–Kier alpha value is -1.10. The third-order valence-corrected chi connectivity index (χ3v) is 3.84. The van der Waals surface area contributed by atoms with Gasteiger partial charge in [0, 0.05) is 25.1 Å². The first kappa shape index (κ1) is 18.0.